The monoisotopic (exact) mass is 313 g/mol. The van der Waals surface area contributed by atoms with Crippen LogP contribution in [0.4, 0.5) is 5.95 Å². The highest BCUT2D eigenvalue weighted by Gasteiger charge is 2.30. The first kappa shape index (κ1) is 13.6. The van der Waals surface area contributed by atoms with E-state index in [0.717, 1.165) is 23.5 Å². The highest BCUT2D eigenvalue weighted by molar-refractivity contribution is 9.09. The fraction of sp³-hybridized carbons (Fsp3) is 0.692. The maximum absolute atomic E-state index is 5.67. The molecule has 0 aromatic carbocycles. The quantitative estimate of drug-likeness (QED) is 0.757. The molecule has 0 amide bonds. The Balaban J connectivity index is 2.22. The molecule has 4 nitrogen and oxygen atoms in total. The number of aromatic nitrogens is 2. The van der Waals surface area contributed by atoms with Gasteiger partial charge >= 0.3 is 0 Å². The first-order valence-electron chi connectivity index (χ1n) is 6.45. The van der Waals surface area contributed by atoms with Crippen molar-refractivity contribution in [3.8, 4) is 5.88 Å². The highest BCUT2D eigenvalue weighted by atomic mass is 79.9. The van der Waals surface area contributed by atoms with Crippen molar-refractivity contribution in [3.05, 3.63) is 11.8 Å². The Labute approximate surface area is 117 Å². The second kappa shape index (κ2) is 5.87. The minimum Gasteiger partial charge on any atom is -0.475 e. The maximum Gasteiger partial charge on any atom is 0.229 e. The molecule has 1 aromatic rings. The van der Waals surface area contributed by atoms with E-state index in [2.05, 4.69) is 30.8 Å². The topological polar surface area (TPSA) is 38.2 Å². The fourth-order valence-corrected chi connectivity index (χ4v) is 2.26. The molecule has 100 valence electrons. The molecular weight excluding hydrogens is 294 g/mol. The largest absolute Gasteiger partial charge is 0.475 e. The first-order chi connectivity index (χ1) is 8.60. The summed E-state index contributed by atoms with van der Waals surface area (Å²) < 4.78 is 5.67. The Hall–Kier alpha value is -0.840. The Bertz CT molecular complexity index is 407. The van der Waals surface area contributed by atoms with Gasteiger partial charge in [0.2, 0.25) is 11.8 Å². The van der Waals surface area contributed by atoms with E-state index in [1.165, 1.54) is 12.8 Å². The van der Waals surface area contributed by atoms with Gasteiger partial charge in [0.25, 0.3) is 0 Å². The van der Waals surface area contributed by atoms with Gasteiger partial charge in [0.05, 0.1) is 6.10 Å². The zero-order chi connectivity index (χ0) is 13.1. The lowest BCUT2D eigenvalue weighted by atomic mass is 10.4. The number of hydrogen-bond acceptors (Lipinski definition) is 4. The van der Waals surface area contributed by atoms with E-state index in [0.29, 0.717) is 11.9 Å². The van der Waals surface area contributed by atoms with Gasteiger partial charge in [0, 0.05) is 29.7 Å². The minimum atomic E-state index is 0.137. The van der Waals surface area contributed by atoms with Crippen molar-refractivity contribution in [2.75, 3.05) is 16.8 Å². The Morgan fingerprint density at radius 3 is 2.72 bits per heavy atom. The van der Waals surface area contributed by atoms with Gasteiger partial charge in [-0.3, -0.25) is 0 Å². The van der Waals surface area contributed by atoms with Crippen LogP contribution in [-0.4, -0.2) is 34.0 Å². The Kier molecular flexibility index (Phi) is 4.43. The normalized spacial score (nSPS) is 14.9. The molecule has 0 atom stereocenters. The summed E-state index contributed by atoms with van der Waals surface area (Å²) >= 11 is 3.49. The fourth-order valence-electron chi connectivity index (χ4n) is 1.88. The van der Waals surface area contributed by atoms with Crippen LogP contribution in [0.3, 0.4) is 0 Å². The number of halogens is 1. The molecule has 1 fully saturated rings. The number of hydrogen-bond donors (Lipinski definition) is 0. The zero-order valence-corrected chi connectivity index (χ0v) is 12.8. The van der Waals surface area contributed by atoms with Crippen molar-refractivity contribution >= 4 is 21.9 Å². The van der Waals surface area contributed by atoms with Crippen LogP contribution in [0.2, 0.25) is 0 Å². The minimum absolute atomic E-state index is 0.137. The first-order valence-corrected chi connectivity index (χ1v) is 7.57. The third-order valence-electron chi connectivity index (χ3n) is 2.75. The third-order valence-corrected chi connectivity index (χ3v) is 3.10. The van der Waals surface area contributed by atoms with Gasteiger partial charge in [-0.15, -0.1) is 0 Å². The second-order valence-corrected chi connectivity index (χ2v) is 5.72. The molecule has 0 aliphatic heterocycles. The summed E-state index contributed by atoms with van der Waals surface area (Å²) in [6, 6.07) is 2.50. The van der Waals surface area contributed by atoms with E-state index in [-0.39, 0.29) is 6.10 Å². The molecule has 0 unspecified atom stereocenters. The molecule has 18 heavy (non-hydrogen) atoms. The Morgan fingerprint density at radius 2 is 2.17 bits per heavy atom. The van der Waals surface area contributed by atoms with Crippen molar-refractivity contribution < 1.29 is 4.74 Å². The number of nitrogens with zero attached hydrogens (tertiary/aromatic N) is 3. The van der Waals surface area contributed by atoms with Crippen molar-refractivity contribution in [2.45, 2.75) is 45.8 Å². The predicted octanol–water partition coefficient (Wildman–Crippen LogP) is 2.94. The van der Waals surface area contributed by atoms with Crippen LogP contribution < -0.4 is 9.64 Å². The lowest BCUT2D eigenvalue weighted by Gasteiger charge is -2.22. The summed E-state index contributed by atoms with van der Waals surface area (Å²) in [6.07, 6.45) is 2.62. The summed E-state index contributed by atoms with van der Waals surface area (Å²) in [5.74, 6) is 1.47. The molecule has 5 heteroatoms. The van der Waals surface area contributed by atoms with E-state index in [4.69, 9.17) is 4.74 Å². The standard InChI is InChI=1S/C13H20BrN3O/c1-9(2)18-12-8-10(3)15-13(16-12)17(7-6-14)11-4-5-11/h8-9,11H,4-7H2,1-3H3. The number of rotatable bonds is 6. The maximum atomic E-state index is 5.67. The van der Waals surface area contributed by atoms with E-state index in [1.54, 1.807) is 0 Å². The van der Waals surface area contributed by atoms with Crippen molar-refractivity contribution in [3.63, 3.8) is 0 Å². The smallest absolute Gasteiger partial charge is 0.229 e. The van der Waals surface area contributed by atoms with Crippen molar-refractivity contribution in [2.24, 2.45) is 0 Å². The van der Waals surface area contributed by atoms with E-state index in [1.807, 2.05) is 26.8 Å². The van der Waals surface area contributed by atoms with Crippen LogP contribution in [0.1, 0.15) is 32.4 Å². The van der Waals surface area contributed by atoms with Gasteiger partial charge < -0.3 is 9.64 Å². The van der Waals surface area contributed by atoms with E-state index >= 15 is 0 Å². The molecule has 0 spiro atoms. The van der Waals surface area contributed by atoms with Crippen LogP contribution in [0, 0.1) is 6.92 Å². The van der Waals surface area contributed by atoms with E-state index in [9.17, 15) is 0 Å². The highest BCUT2D eigenvalue weighted by Crippen LogP contribution is 2.30. The molecule has 1 aliphatic carbocycles. The number of ether oxygens (including phenoxy) is 1. The molecule has 0 saturated heterocycles. The summed E-state index contributed by atoms with van der Waals surface area (Å²) in [6.45, 7) is 6.94. The molecule has 0 N–H and O–H groups in total. The molecule has 0 bridgehead atoms. The molecule has 2 rings (SSSR count). The number of alkyl halides is 1. The molecular formula is C13H20BrN3O. The average Bonchev–Trinajstić information content (AvgIpc) is 3.07. The molecule has 1 aromatic heterocycles. The number of aryl methyl sites for hydroxylation is 1. The zero-order valence-electron chi connectivity index (χ0n) is 11.2. The van der Waals surface area contributed by atoms with Gasteiger partial charge in [-0.2, -0.15) is 4.98 Å². The van der Waals surface area contributed by atoms with Crippen LogP contribution in [-0.2, 0) is 0 Å². The molecule has 0 radical (unpaired) electrons. The molecule has 1 heterocycles. The summed E-state index contributed by atoms with van der Waals surface area (Å²) in [5.41, 5.74) is 0.955. The lowest BCUT2D eigenvalue weighted by Crippen LogP contribution is -2.30. The molecule has 1 saturated carbocycles. The SMILES string of the molecule is Cc1cc(OC(C)C)nc(N(CCBr)C2CC2)n1. The Morgan fingerprint density at radius 1 is 1.44 bits per heavy atom. The summed E-state index contributed by atoms with van der Waals surface area (Å²) in [5, 5.41) is 0.932. The lowest BCUT2D eigenvalue weighted by molar-refractivity contribution is 0.232. The van der Waals surface area contributed by atoms with Crippen LogP contribution in [0.15, 0.2) is 6.07 Å². The second-order valence-electron chi connectivity index (χ2n) is 4.93. The van der Waals surface area contributed by atoms with Gasteiger partial charge in [0.15, 0.2) is 0 Å². The van der Waals surface area contributed by atoms with Gasteiger partial charge in [-0.1, -0.05) is 15.9 Å². The van der Waals surface area contributed by atoms with Gasteiger partial charge in [-0.25, -0.2) is 4.98 Å². The predicted molar refractivity (Wildman–Crippen MR) is 76.7 cm³/mol. The number of anilines is 1. The van der Waals surface area contributed by atoms with Gasteiger partial charge in [0.1, 0.15) is 0 Å². The summed E-state index contributed by atoms with van der Waals surface area (Å²) in [4.78, 5) is 11.3. The van der Waals surface area contributed by atoms with Gasteiger partial charge in [-0.05, 0) is 33.6 Å². The molecule has 1 aliphatic rings. The third kappa shape index (κ3) is 3.57. The van der Waals surface area contributed by atoms with Crippen LogP contribution >= 0.6 is 15.9 Å². The van der Waals surface area contributed by atoms with Crippen molar-refractivity contribution in [1.29, 1.82) is 0 Å². The van der Waals surface area contributed by atoms with Crippen LogP contribution in [0.25, 0.3) is 0 Å². The van der Waals surface area contributed by atoms with E-state index < -0.39 is 0 Å². The summed E-state index contributed by atoms with van der Waals surface area (Å²) in [7, 11) is 0. The van der Waals surface area contributed by atoms with Crippen molar-refractivity contribution in [1.82, 2.24) is 9.97 Å². The van der Waals surface area contributed by atoms with Crippen LogP contribution in [0.5, 0.6) is 5.88 Å². The average molecular weight is 314 g/mol.